The minimum atomic E-state index is -0.370. The van der Waals surface area contributed by atoms with Gasteiger partial charge in [0.25, 0.3) is 0 Å². The van der Waals surface area contributed by atoms with Gasteiger partial charge in [-0.15, -0.1) is 0 Å². The first-order chi connectivity index (χ1) is 6.56. The first-order valence-electron chi connectivity index (χ1n) is 4.71. The van der Waals surface area contributed by atoms with Crippen LogP contribution in [-0.2, 0) is 4.79 Å². The van der Waals surface area contributed by atoms with Crippen LogP contribution < -0.4 is 0 Å². The minimum Gasteiger partial charge on any atom is -0.290 e. The van der Waals surface area contributed by atoms with Gasteiger partial charge in [-0.05, 0) is 19.4 Å². The molecule has 1 aromatic rings. The standard InChI is InChI=1S/C12H14O2/c1-4-11(13)12(14)10-6-5-8(2)7-9(10)3/h5-7H,4H2,1-3H3. The first-order valence-corrected chi connectivity index (χ1v) is 4.71. The average molecular weight is 190 g/mol. The van der Waals surface area contributed by atoms with E-state index in [-0.39, 0.29) is 18.0 Å². The molecule has 1 aromatic carbocycles. The Hall–Kier alpha value is -1.44. The van der Waals surface area contributed by atoms with E-state index in [9.17, 15) is 9.59 Å². The van der Waals surface area contributed by atoms with Gasteiger partial charge >= 0.3 is 0 Å². The molecule has 1 rings (SSSR count). The third-order valence-corrected chi connectivity index (χ3v) is 2.20. The fourth-order valence-electron chi connectivity index (χ4n) is 1.38. The quantitative estimate of drug-likeness (QED) is 0.542. The highest BCUT2D eigenvalue weighted by atomic mass is 16.2. The maximum Gasteiger partial charge on any atom is 0.228 e. The van der Waals surface area contributed by atoms with E-state index in [1.807, 2.05) is 26.0 Å². The zero-order valence-electron chi connectivity index (χ0n) is 8.76. The smallest absolute Gasteiger partial charge is 0.228 e. The molecule has 0 heterocycles. The lowest BCUT2D eigenvalue weighted by atomic mass is 9.99. The second-order valence-electron chi connectivity index (χ2n) is 3.42. The van der Waals surface area contributed by atoms with E-state index >= 15 is 0 Å². The second kappa shape index (κ2) is 4.18. The third-order valence-electron chi connectivity index (χ3n) is 2.20. The van der Waals surface area contributed by atoms with Crippen LogP contribution in [0.5, 0.6) is 0 Å². The Kier molecular flexibility index (Phi) is 3.18. The highest BCUT2D eigenvalue weighted by molar-refractivity contribution is 6.43. The summed E-state index contributed by atoms with van der Waals surface area (Å²) >= 11 is 0. The molecular formula is C12H14O2. The van der Waals surface area contributed by atoms with E-state index in [0.29, 0.717) is 5.56 Å². The summed E-state index contributed by atoms with van der Waals surface area (Å²) < 4.78 is 0. The molecule has 0 unspecified atom stereocenters. The van der Waals surface area contributed by atoms with Gasteiger partial charge in [-0.1, -0.05) is 30.7 Å². The van der Waals surface area contributed by atoms with Crippen molar-refractivity contribution >= 4 is 11.6 Å². The van der Waals surface area contributed by atoms with Gasteiger partial charge in [0.1, 0.15) is 0 Å². The Morgan fingerprint density at radius 2 is 1.86 bits per heavy atom. The highest BCUT2D eigenvalue weighted by Gasteiger charge is 2.15. The molecule has 0 amide bonds. The number of carbonyl (C=O) groups excluding carboxylic acids is 2. The molecule has 0 aliphatic carbocycles. The molecule has 0 aliphatic heterocycles. The predicted octanol–water partition coefficient (Wildman–Crippen LogP) is 2.47. The van der Waals surface area contributed by atoms with Gasteiger partial charge in [0.05, 0.1) is 0 Å². The first kappa shape index (κ1) is 10.6. The van der Waals surface area contributed by atoms with Crippen LogP contribution in [0.25, 0.3) is 0 Å². The SMILES string of the molecule is CCC(=O)C(=O)c1ccc(C)cc1C. The summed E-state index contributed by atoms with van der Waals surface area (Å²) in [7, 11) is 0. The number of hydrogen-bond acceptors (Lipinski definition) is 2. The molecule has 0 saturated carbocycles. The average Bonchev–Trinajstić information content (AvgIpc) is 2.15. The van der Waals surface area contributed by atoms with E-state index in [0.717, 1.165) is 11.1 Å². The summed E-state index contributed by atoms with van der Waals surface area (Å²) in [5, 5.41) is 0. The predicted molar refractivity (Wildman–Crippen MR) is 55.5 cm³/mol. The summed E-state index contributed by atoms with van der Waals surface area (Å²) in [5.41, 5.74) is 2.50. The Morgan fingerprint density at radius 3 is 2.36 bits per heavy atom. The maximum absolute atomic E-state index is 11.6. The van der Waals surface area contributed by atoms with Crippen LogP contribution in [0.15, 0.2) is 18.2 Å². The van der Waals surface area contributed by atoms with Gasteiger partial charge in [0.15, 0.2) is 0 Å². The van der Waals surface area contributed by atoms with Crippen LogP contribution >= 0.6 is 0 Å². The number of Topliss-reactive ketones (excluding diaryl/α,β-unsaturated/α-hetero) is 2. The molecule has 0 N–H and O–H groups in total. The highest BCUT2D eigenvalue weighted by Crippen LogP contribution is 2.12. The van der Waals surface area contributed by atoms with Crippen LogP contribution in [0.2, 0.25) is 0 Å². The largest absolute Gasteiger partial charge is 0.290 e. The zero-order valence-corrected chi connectivity index (χ0v) is 8.76. The number of ketones is 2. The van der Waals surface area contributed by atoms with E-state index in [4.69, 9.17) is 0 Å². The second-order valence-corrected chi connectivity index (χ2v) is 3.42. The molecule has 0 atom stereocenters. The summed E-state index contributed by atoms with van der Waals surface area (Å²) in [5.74, 6) is -0.693. The van der Waals surface area contributed by atoms with Crippen molar-refractivity contribution in [3.8, 4) is 0 Å². The molecule has 0 aromatic heterocycles. The fourth-order valence-corrected chi connectivity index (χ4v) is 1.38. The van der Waals surface area contributed by atoms with Crippen molar-refractivity contribution in [2.45, 2.75) is 27.2 Å². The fraction of sp³-hybridized carbons (Fsp3) is 0.333. The van der Waals surface area contributed by atoms with Gasteiger partial charge in [0.2, 0.25) is 11.6 Å². The van der Waals surface area contributed by atoms with Gasteiger partial charge in [-0.25, -0.2) is 0 Å². The van der Waals surface area contributed by atoms with Crippen molar-refractivity contribution in [1.82, 2.24) is 0 Å². The lowest BCUT2D eigenvalue weighted by molar-refractivity contribution is -0.114. The minimum absolute atomic E-state index is 0.270. The molecule has 0 radical (unpaired) electrons. The Balaban J connectivity index is 3.08. The molecule has 2 nitrogen and oxygen atoms in total. The monoisotopic (exact) mass is 190 g/mol. The van der Waals surface area contributed by atoms with Gasteiger partial charge in [-0.3, -0.25) is 9.59 Å². The normalized spacial score (nSPS) is 9.93. The van der Waals surface area contributed by atoms with Crippen molar-refractivity contribution in [1.29, 1.82) is 0 Å². The van der Waals surface area contributed by atoms with E-state index in [2.05, 4.69) is 0 Å². The number of carbonyl (C=O) groups is 2. The molecular weight excluding hydrogens is 176 g/mol. The topological polar surface area (TPSA) is 34.1 Å². The Labute approximate surface area is 83.9 Å². The van der Waals surface area contributed by atoms with Crippen LogP contribution in [0.4, 0.5) is 0 Å². The third kappa shape index (κ3) is 2.08. The number of rotatable bonds is 3. The van der Waals surface area contributed by atoms with E-state index in [1.165, 1.54) is 0 Å². The van der Waals surface area contributed by atoms with E-state index in [1.54, 1.807) is 13.0 Å². The Bertz CT molecular complexity index is 378. The molecule has 0 spiro atoms. The van der Waals surface area contributed by atoms with Gasteiger partial charge < -0.3 is 0 Å². The summed E-state index contributed by atoms with van der Waals surface area (Å²) in [6, 6.07) is 5.49. The van der Waals surface area contributed by atoms with Crippen molar-refractivity contribution in [3.63, 3.8) is 0 Å². The number of hydrogen-bond donors (Lipinski definition) is 0. The maximum atomic E-state index is 11.6. The van der Waals surface area contributed by atoms with Crippen LogP contribution in [0.1, 0.15) is 34.8 Å². The molecule has 0 fully saturated rings. The van der Waals surface area contributed by atoms with Crippen molar-refractivity contribution in [2.24, 2.45) is 0 Å². The molecule has 2 heteroatoms. The van der Waals surface area contributed by atoms with Crippen molar-refractivity contribution in [2.75, 3.05) is 0 Å². The molecule has 14 heavy (non-hydrogen) atoms. The summed E-state index contributed by atoms with van der Waals surface area (Å²) in [6.45, 7) is 5.51. The van der Waals surface area contributed by atoms with Crippen LogP contribution in [-0.4, -0.2) is 11.6 Å². The number of benzene rings is 1. The van der Waals surface area contributed by atoms with Crippen LogP contribution in [0, 0.1) is 13.8 Å². The lowest BCUT2D eigenvalue weighted by Crippen LogP contribution is -2.14. The van der Waals surface area contributed by atoms with Gasteiger partial charge in [0, 0.05) is 12.0 Å². The number of aryl methyl sites for hydroxylation is 2. The summed E-state index contributed by atoms with van der Waals surface area (Å²) in [6.07, 6.45) is 0.270. The zero-order chi connectivity index (χ0) is 10.7. The van der Waals surface area contributed by atoms with Crippen molar-refractivity contribution in [3.05, 3.63) is 34.9 Å². The molecule has 0 bridgehead atoms. The van der Waals surface area contributed by atoms with Crippen LogP contribution in [0.3, 0.4) is 0 Å². The van der Waals surface area contributed by atoms with Gasteiger partial charge in [-0.2, -0.15) is 0 Å². The lowest BCUT2D eigenvalue weighted by Gasteiger charge is -2.03. The Morgan fingerprint density at radius 1 is 1.21 bits per heavy atom. The van der Waals surface area contributed by atoms with E-state index < -0.39 is 0 Å². The van der Waals surface area contributed by atoms with Crippen molar-refractivity contribution < 1.29 is 9.59 Å². The molecule has 74 valence electrons. The molecule has 0 aliphatic rings. The summed E-state index contributed by atoms with van der Waals surface area (Å²) in [4.78, 5) is 22.8. The molecule has 0 saturated heterocycles.